The number of ether oxygens (including phenoxy) is 1. The van der Waals surface area contributed by atoms with Gasteiger partial charge in [0.05, 0.1) is 12.0 Å². The standard InChI is InChI=1S/C20H21N3O5/c1-28-20(25)17-13-16(7-8-18(17)23(26)27)22-11-9-15(10-12-22)21-19(24)14-5-3-2-4-6-14/h2-8,13,15H,9-12H2,1H3,(H,21,24). The Labute approximate surface area is 162 Å². The predicted molar refractivity (Wildman–Crippen MR) is 104 cm³/mol. The van der Waals surface area contributed by atoms with E-state index >= 15 is 0 Å². The molecule has 0 aromatic heterocycles. The Balaban J connectivity index is 1.65. The number of nitro benzene ring substituents is 1. The van der Waals surface area contributed by atoms with Gasteiger partial charge in [0.25, 0.3) is 11.6 Å². The first-order valence-corrected chi connectivity index (χ1v) is 8.97. The van der Waals surface area contributed by atoms with E-state index in [0.717, 1.165) is 18.5 Å². The average Bonchev–Trinajstić information content (AvgIpc) is 2.73. The maximum Gasteiger partial charge on any atom is 0.344 e. The van der Waals surface area contributed by atoms with Gasteiger partial charge in [0.2, 0.25) is 0 Å². The van der Waals surface area contributed by atoms with Gasteiger partial charge in [-0.3, -0.25) is 14.9 Å². The second-order valence-corrected chi connectivity index (χ2v) is 6.55. The number of nitrogens with one attached hydrogen (secondary N) is 1. The van der Waals surface area contributed by atoms with Crippen molar-refractivity contribution in [2.75, 3.05) is 25.1 Å². The van der Waals surface area contributed by atoms with E-state index < -0.39 is 10.9 Å². The SMILES string of the molecule is COC(=O)c1cc(N2CCC(NC(=O)c3ccccc3)CC2)ccc1[N+](=O)[O-]. The first kappa shape index (κ1) is 19.3. The topological polar surface area (TPSA) is 102 Å². The highest BCUT2D eigenvalue weighted by Gasteiger charge is 2.25. The van der Waals surface area contributed by atoms with E-state index in [-0.39, 0.29) is 23.2 Å². The Kier molecular flexibility index (Phi) is 5.88. The summed E-state index contributed by atoms with van der Waals surface area (Å²) in [6, 6.07) is 13.6. The van der Waals surface area contributed by atoms with Crippen LogP contribution in [-0.2, 0) is 4.74 Å². The molecule has 28 heavy (non-hydrogen) atoms. The van der Waals surface area contributed by atoms with Crippen LogP contribution in [0.4, 0.5) is 11.4 Å². The zero-order valence-corrected chi connectivity index (χ0v) is 15.5. The fourth-order valence-corrected chi connectivity index (χ4v) is 3.29. The number of hydrogen-bond donors (Lipinski definition) is 1. The van der Waals surface area contributed by atoms with E-state index in [9.17, 15) is 19.7 Å². The van der Waals surface area contributed by atoms with Crippen LogP contribution in [0, 0.1) is 10.1 Å². The molecule has 1 amide bonds. The quantitative estimate of drug-likeness (QED) is 0.484. The van der Waals surface area contributed by atoms with Crippen molar-refractivity contribution in [3.8, 4) is 0 Å². The van der Waals surface area contributed by atoms with Crippen LogP contribution in [0.2, 0.25) is 0 Å². The molecule has 3 rings (SSSR count). The van der Waals surface area contributed by atoms with Gasteiger partial charge in [-0.2, -0.15) is 0 Å². The molecule has 0 saturated carbocycles. The fraction of sp³-hybridized carbons (Fsp3) is 0.300. The molecule has 0 unspecified atom stereocenters. The number of hydrogen-bond acceptors (Lipinski definition) is 6. The number of nitro groups is 1. The fourth-order valence-electron chi connectivity index (χ4n) is 3.29. The molecule has 8 nitrogen and oxygen atoms in total. The summed E-state index contributed by atoms with van der Waals surface area (Å²) in [4.78, 5) is 36.8. The monoisotopic (exact) mass is 383 g/mol. The minimum Gasteiger partial charge on any atom is -0.465 e. The minimum absolute atomic E-state index is 0.0575. The Morgan fingerprint density at radius 2 is 1.82 bits per heavy atom. The molecule has 1 aliphatic rings. The minimum atomic E-state index is -0.737. The van der Waals surface area contributed by atoms with Gasteiger partial charge >= 0.3 is 5.97 Å². The summed E-state index contributed by atoms with van der Waals surface area (Å²) in [6.45, 7) is 1.33. The highest BCUT2D eigenvalue weighted by atomic mass is 16.6. The lowest BCUT2D eigenvalue weighted by molar-refractivity contribution is -0.385. The molecular formula is C20H21N3O5. The van der Waals surface area contributed by atoms with Crippen molar-refractivity contribution >= 4 is 23.3 Å². The van der Waals surface area contributed by atoms with Crippen LogP contribution in [0.5, 0.6) is 0 Å². The van der Waals surface area contributed by atoms with E-state index in [1.807, 2.05) is 23.1 Å². The molecule has 146 valence electrons. The lowest BCUT2D eigenvalue weighted by atomic mass is 10.0. The van der Waals surface area contributed by atoms with Crippen molar-refractivity contribution < 1.29 is 19.2 Å². The third-order valence-electron chi connectivity index (χ3n) is 4.81. The molecule has 0 aliphatic carbocycles. The zero-order valence-electron chi connectivity index (χ0n) is 15.5. The second-order valence-electron chi connectivity index (χ2n) is 6.55. The number of carbonyl (C=O) groups excluding carboxylic acids is 2. The molecule has 1 saturated heterocycles. The average molecular weight is 383 g/mol. The zero-order chi connectivity index (χ0) is 20.1. The normalized spacial score (nSPS) is 14.4. The van der Waals surface area contributed by atoms with Gasteiger partial charge in [0.15, 0.2) is 0 Å². The summed E-state index contributed by atoms with van der Waals surface area (Å²) in [7, 11) is 1.19. The summed E-state index contributed by atoms with van der Waals surface area (Å²) in [5.41, 5.74) is 1.01. The van der Waals surface area contributed by atoms with Gasteiger partial charge in [0.1, 0.15) is 5.56 Å². The summed E-state index contributed by atoms with van der Waals surface area (Å²) in [6.07, 6.45) is 1.48. The smallest absolute Gasteiger partial charge is 0.344 e. The number of benzene rings is 2. The Bertz CT molecular complexity index is 877. The predicted octanol–water partition coefficient (Wildman–Crippen LogP) is 2.78. The first-order chi connectivity index (χ1) is 13.5. The summed E-state index contributed by atoms with van der Waals surface area (Å²) < 4.78 is 4.66. The van der Waals surface area contributed by atoms with Gasteiger partial charge in [-0.05, 0) is 37.1 Å². The van der Waals surface area contributed by atoms with Gasteiger partial charge in [-0.1, -0.05) is 18.2 Å². The van der Waals surface area contributed by atoms with Crippen molar-refractivity contribution in [3.05, 3.63) is 69.8 Å². The molecule has 1 N–H and O–H groups in total. The van der Waals surface area contributed by atoms with Crippen molar-refractivity contribution in [2.45, 2.75) is 18.9 Å². The summed E-state index contributed by atoms with van der Waals surface area (Å²) in [5.74, 6) is -0.832. The van der Waals surface area contributed by atoms with Crippen molar-refractivity contribution in [1.82, 2.24) is 5.32 Å². The Morgan fingerprint density at radius 3 is 2.43 bits per heavy atom. The Hall–Kier alpha value is -3.42. The molecule has 8 heteroatoms. The molecule has 1 aliphatic heterocycles. The van der Waals surface area contributed by atoms with Crippen molar-refractivity contribution in [1.29, 1.82) is 0 Å². The van der Waals surface area contributed by atoms with Crippen LogP contribution in [0.15, 0.2) is 48.5 Å². The molecule has 2 aromatic rings. The number of anilines is 1. The number of piperidine rings is 1. The van der Waals surface area contributed by atoms with Crippen molar-refractivity contribution in [2.24, 2.45) is 0 Å². The maximum atomic E-state index is 12.3. The van der Waals surface area contributed by atoms with Crippen LogP contribution in [-0.4, -0.2) is 43.0 Å². The molecule has 0 spiro atoms. The van der Waals surface area contributed by atoms with E-state index in [4.69, 9.17) is 0 Å². The molecule has 1 fully saturated rings. The Morgan fingerprint density at radius 1 is 1.14 bits per heavy atom. The maximum absolute atomic E-state index is 12.3. The van der Waals surface area contributed by atoms with Crippen LogP contribution in [0.25, 0.3) is 0 Å². The number of carbonyl (C=O) groups is 2. The second kappa shape index (κ2) is 8.51. The number of amides is 1. The van der Waals surface area contributed by atoms with Crippen LogP contribution in [0.3, 0.4) is 0 Å². The van der Waals surface area contributed by atoms with E-state index in [2.05, 4.69) is 10.1 Å². The molecule has 2 aromatic carbocycles. The first-order valence-electron chi connectivity index (χ1n) is 8.97. The largest absolute Gasteiger partial charge is 0.465 e. The van der Waals surface area contributed by atoms with Gasteiger partial charge < -0.3 is 15.0 Å². The third kappa shape index (κ3) is 4.28. The highest BCUT2D eigenvalue weighted by Crippen LogP contribution is 2.27. The lowest BCUT2D eigenvalue weighted by Gasteiger charge is -2.34. The van der Waals surface area contributed by atoms with Crippen LogP contribution in [0.1, 0.15) is 33.6 Å². The van der Waals surface area contributed by atoms with Crippen LogP contribution < -0.4 is 10.2 Å². The molecule has 1 heterocycles. The number of rotatable bonds is 5. The van der Waals surface area contributed by atoms with Gasteiger partial charge in [0, 0.05) is 36.4 Å². The van der Waals surface area contributed by atoms with Crippen LogP contribution >= 0.6 is 0 Å². The van der Waals surface area contributed by atoms with E-state index in [1.165, 1.54) is 19.2 Å². The lowest BCUT2D eigenvalue weighted by Crippen LogP contribution is -2.44. The van der Waals surface area contributed by atoms with Crippen molar-refractivity contribution in [3.63, 3.8) is 0 Å². The van der Waals surface area contributed by atoms with E-state index in [0.29, 0.717) is 18.7 Å². The van der Waals surface area contributed by atoms with Gasteiger partial charge in [-0.25, -0.2) is 4.79 Å². The summed E-state index contributed by atoms with van der Waals surface area (Å²) >= 11 is 0. The molecule has 0 radical (unpaired) electrons. The number of esters is 1. The summed E-state index contributed by atoms with van der Waals surface area (Å²) in [5, 5.41) is 14.2. The molecule has 0 bridgehead atoms. The molecule has 0 atom stereocenters. The van der Waals surface area contributed by atoms with Gasteiger partial charge in [-0.15, -0.1) is 0 Å². The third-order valence-corrected chi connectivity index (χ3v) is 4.81. The highest BCUT2D eigenvalue weighted by molar-refractivity contribution is 5.95. The molecular weight excluding hydrogens is 362 g/mol. The number of methoxy groups -OCH3 is 1. The van der Waals surface area contributed by atoms with E-state index in [1.54, 1.807) is 18.2 Å². The number of nitrogens with zero attached hydrogens (tertiary/aromatic N) is 2.